The van der Waals surface area contributed by atoms with Gasteiger partial charge in [0.05, 0.1) is 48.1 Å². The van der Waals surface area contributed by atoms with Crippen LogP contribution in [0.25, 0.3) is 12.2 Å². The van der Waals surface area contributed by atoms with E-state index in [1.165, 1.54) is 46.7 Å². The summed E-state index contributed by atoms with van der Waals surface area (Å²) in [5.74, 6) is 0.992. The van der Waals surface area contributed by atoms with Crippen LogP contribution in [0.2, 0.25) is 0 Å². The summed E-state index contributed by atoms with van der Waals surface area (Å²) in [6.07, 6.45) is 5.39. The molecule has 0 aliphatic heterocycles. The van der Waals surface area contributed by atoms with E-state index < -0.39 is 0 Å². The van der Waals surface area contributed by atoms with Gasteiger partial charge in [0.2, 0.25) is 5.75 Å². The van der Waals surface area contributed by atoms with Crippen LogP contribution in [0.5, 0.6) is 23.0 Å². The van der Waals surface area contributed by atoms with E-state index in [9.17, 15) is 19.8 Å². The van der Waals surface area contributed by atoms with Gasteiger partial charge in [0.15, 0.2) is 23.1 Å². The molecule has 2 N–H and O–H groups in total. The van der Waals surface area contributed by atoms with Crippen LogP contribution < -0.4 is 18.9 Å². The molecule has 0 aliphatic carbocycles. The Morgan fingerprint density at radius 2 is 1.21 bits per heavy atom. The van der Waals surface area contributed by atoms with E-state index >= 15 is 0 Å². The number of benzene rings is 2. The average Bonchev–Trinajstić information content (AvgIpc) is 2.84. The van der Waals surface area contributed by atoms with Crippen LogP contribution in [0.4, 0.5) is 0 Å². The van der Waals surface area contributed by atoms with Crippen LogP contribution in [0.15, 0.2) is 36.4 Å². The van der Waals surface area contributed by atoms with Gasteiger partial charge in [0, 0.05) is 5.56 Å². The lowest BCUT2D eigenvalue weighted by atomic mass is 10.0. The third-order valence-corrected chi connectivity index (χ3v) is 4.83. The number of ether oxygens (including phenoxy) is 4. The average molecular weight is 456 g/mol. The quantitative estimate of drug-likeness (QED) is 0.370. The number of rotatable bonds is 12. The number of allylic oxidation sites excluding steroid dienone is 2. The summed E-state index contributed by atoms with van der Waals surface area (Å²) in [4.78, 5) is 24.5. The fourth-order valence-corrected chi connectivity index (χ4v) is 3.19. The summed E-state index contributed by atoms with van der Waals surface area (Å²) in [5.41, 5.74) is 2.22. The predicted octanol–water partition coefficient (Wildman–Crippen LogP) is 2.96. The number of carbonyl (C=O) groups excluding carboxylic acids is 2. The summed E-state index contributed by atoms with van der Waals surface area (Å²) in [6, 6.07) is 6.66. The first kappa shape index (κ1) is 25.6. The minimum Gasteiger partial charge on any atom is -0.496 e. The van der Waals surface area contributed by atoms with Gasteiger partial charge >= 0.3 is 0 Å². The largest absolute Gasteiger partial charge is 0.496 e. The highest BCUT2D eigenvalue weighted by atomic mass is 16.5. The van der Waals surface area contributed by atoms with Crippen molar-refractivity contribution in [1.29, 1.82) is 0 Å². The SMILES string of the molecule is COc1cc(/C=C/C(=O)CC(=O)/C=C/c2cc(OC)c(OC)c(OC)c2)cc(CO)c1CO. The summed E-state index contributed by atoms with van der Waals surface area (Å²) >= 11 is 0. The van der Waals surface area contributed by atoms with E-state index in [0.29, 0.717) is 45.3 Å². The zero-order valence-electron chi connectivity index (χ0n) is 19.1. The van der Waals surface area contributed by atoms with Crippen molar-refractivity contribution in [3.05, 3.63) is 58.7 Å². The molecule has 33 heavy (non-hydrogen) atoms. The molecule has 0 aliphatic rings. The van der Waals surface area contributed by atoms with Crippen molar-refractivity contribution >= 4 is 23.7 Å². The molecular weight excluding hydrogens is 428 g/mol. The highest BCUT2D eigenvalue weighted by Gasteiger charge is 2.13. The lowest BCUT2D eigenvalue weighted by Gasteiger charge is -2.12. The molecule has 2 aromatic rings. The molecular formula is C25H28O8. The first-order valence-corrected chi connectivity index (χ1v) is 10.0. The van der Waals surface area contributed by atoms with Gasteiger partial charge in [-0.15, -0.1) is 0 Å². The summed E-state index contributed by atoms with van der Waals surface area (Å²) in [5, 5.41) is 19.0. The van der Waals surface area contributed by atoms with Gasteiger partial charge < -0.3 is 29.2 Å². The van der Waals surface area contributed by atoms with E-state index in [4.69, 9.17) is 18.9 Å². The molecule has 0 aromatic heterocycles. The van der Waals surface area contributed by atoms with E-state index in [-0.39, 0.29) is 31.2 Å². The van der Waals surface area contributed by atoms with Crippen LogP contribution in [0, 0.1) is 0 Å². The number of carbonyl (C=O) groups is 2. The Morgan fingerprint density at radius 1 is 0.727 bits per heavy atom. The number of ketones is 2. The zero-order valence-corrected chi connectivity index (χ0v) is 19.1. The molecule has 0 radical (unpaired) electrons. The van der Waals surface area contributed by atoms with Crippen molar-refractivity contribution in [3.8, 4) is 23.0 Å². The van der Waals surface area contributed by atoms with Gasteiger partial charge in [0.1, 0.15) is 5.75 Å². The number of methoxy groups -OCH3 is 4. The Kier molecular flexibility index (Phi) is 9.65. The smallest absolute Gasteiger partial charge is 0.203 e. The lowest BCUT2D eigenvalue weighted by molar-refractivity contribution is -0.121. The molecule has 176 valence electrons. The number of hydrogen-bond acceptors (Lipinski definition) is 8. The highest BCUT2D eigenvalue weighted by Crippen LogP contribution is 2.38. The van der Waals surface area contributed by atoms with Crippen LogP contribution in [0.3, 0.4) is 0 Å². The number of aliphatic hydroxyl groups is 2. The van der Waals surface area contributed by atoms with E-state index in [1.807, 2.05) is 0 Å². The predicted molar refractivity (Wildman–Crippen MR) is 124 cm³/mol. The van der Waals surface area contributed by atoms with Crippen molar-refractivity contribution < 1.29 is 38.7 Å². The standard InChI is InChI=1S/C25H28O8/c1-30-22-10-16(9-18(14-26)21(22)15-27)5-7-19(28)13-20(29)8-6-17-11-23(31-2)25(33-4)24(12-17)32-3/h5-12,26-27H,13-15H2,1-4H3/b7-5+,8-6+. The molecule has 0 saturated carbocycles. The fraction of sp³-hybridized carbons (Fsp3) is 0.280. The third kappa shape index (κ3) is 6.68. The monoisotopic (exact) mass is 456 g/mol. The van der Waals surface area contributed by atoms with Crippen molar-refractivity contribution in [1.82, 2.24) is 0 Å². The van der Waals surface area contributed by atoms with E-state index in [0.717, 1.165) is 0 Å². The molecule has 2 aromatic carbocycles. The van der Waals surface area contributed by atoms with Crippen LogP contribution >= 0.6 is 0 Å². The first-order valence-electron chi connectivity index (χ1n) is 10.0. The van der Waals surface area contributed by atoms with Gasteiger partial charge in [-0.2, -0.15) is 0 Å². The maximum absolute atomic E-state index is 12.2. The molecule has 0 fully saturated rings. The van der Waals surface area contributed by atoms with Crippen molar-refractivity contribution in [2.45, 2.75) is 19.6 Å². The molecule has 0 saturated heterocycles. The fourth-order valence-electron chi connectivity index (χ4n) is 3.19. The van der Waals surface area contributed by atoms with Crippen molar-refractivity contribution in [2.75, 3.05) is 28.4 Å². The van der Waals surface area contributed by atoms with E-state index in [1.54, 1.807) is 30.3 Å². The first-order chi connectivity index (χ1) is 15.9. The Hall–Kier alpha value is -3.62. The normalized spacial score (nSPS) is 11.1. The Labute approximate surface area is 192 Å². The van der Waals surface area contributed by atoms with Crippen molar-refractivity contribution in [3.63, 3.8) is 0 Å². The molecule has 0 bridgehead atoms. The second-order valence-electron chi connectivity index (χ2n) is 6.91. The molecule has 8 heteroatoms. The minimum absolute atomic E-state index is 0.283. The van der Waals surface area contributed by atoms with Crippen LogP contribution in [0.1, 0.15) is 28.7 Å². The molecule has 0 amide bonds. The van der Waals surface area contributed by atoms with Gasteiger partial charge in [-0.1, -0.05) is 12.2 Å². The molecule has 0 unspecified atom stereocenters. The summed E-state index contributed by atoms with van der Waals surface area (Å²) in [7, 11) is 5.95. The number of aliphatic hydroxyl groups excluding tert-OH is 2. The van der Waals surface area contributed by atoms with Gasteiger partial charge in [0.25, 0.3) is 0 Å². The minimum atomic E-state index is -0.384. The second-order valence-corrected chi connectivity index (χ2v) is 6.91. The summed E-state index contributed by atoms with van der Waals surface area (Å²) < 4.78 is 21.1. The molecule has 8 nitrogen and oxygen atoms in total. The molecule has 0 atom stereocenters. The molecule has 0 spiro atoms. The topological polar surface area (TPSA) is 112 Å². The Bertz CT molecular complexity index is 919. The maximum atomic E-state index is 12.2. The van der Waals surface area contributed by atoms with E-state index in [2.05, 4.69) is 0 Å². The Balaban J connectivity index is 2.10. The van der Waals surface area contributed by atoms with Crippen LogP contribution in [-0.4, -0.2) is 50.2 Å². The van der Waals surface area contributed by atoms with Gasteiger partial charge in [-0.3, -0.25) is 9.59 Å². The lowest BCUT2D eigenvalue weighted by Crippen LogP contribution is -2.02. The second kappa shape index (κ2) is 12.4. The van der Waals surface area contributed by atoms with Gasteiger partial charge in [-0.25, -0.2) is 0 Å². The molecule has 2 rings (SSSR count). The van der Waals surface area contributed by atoms with Gasteiger partial charge in [-0.05, 0) is 53.1 Å². The number of hydrogen-bond donors (Lipinski definition) is 2. The zero-order chi connectivity index (χ0) is 24.4. The van der Waals surface area contributed by atoms with Crippen LogP contribution in [-0.2, 0) is 22.8 Å². The third-order valence-electron chi connectivity index (χ3n) is 4.83. The summed E-state index contributed by atoms with van der Waals surface area (Å²) in [6.45, 7) is -0.569. The highest BCUT2D eigenvalue weighted by molar-refractivity contribution is 6.10. The molecule has 0 heterocycles. The Morgan fingerprint density at radius 3 is 1.64 bits per heavy atom. The maximum Gasteiger partial charge on any atom is 0.203 e. The van der Waals surface area contributed by atoms with Crippen molar-refractivity contribution in [2.24, 2.45) is 0 Å².